The first-order chi connectivity index (χ1) is 9.37. The zero-order valence-electron chi connectivity index (χ0n) is 13.4. The first-order valence-corrected chi connectivity index (χ1v) is 8.24. The summed E-state index contributed by atoms with van der Waals surface area (Å²) in [5.74, 6) is 1.68. The van der Waals surface area contributed by atoms with Crippen LogP contribution in [0.4, 0.5) is 0 Å². The number of aryl methyl sites for hydroxylation is 1. The van der Waals surface area contributed by atoms with Gasteiger partial charge in [-0.05, 0) is 49.5 Å². The van der Waals surface area contributed by atoms with Crippen LogP contribution in [0.5, 0.6) is 0 Å². The van der Waals surface area contributed by atoms with Crippen molar-refractivity contribution in [3.8, 4) is 0 Å². The SMILES string of the molecule is Cc1cc2c(n1CC1CCCC1C)CC(C)(C)CC2O. The maximum Gasteiger partial charge on any atom is 0.0812 e. The van der Waals surface area contributed by atoms with Crippen LogP contribution in [0.15, 0.2) is 6.07 Å². The molecule has 2 aliphatic rings. The lowest BCUT2D eigenvalue weighted by Crippen LogP contribution is -2.28. The molecule has 2 nitrogen and oxygen atoms in total. The normalized spacial score (nSPS) is 32.4. The molecule has 0 aliphatic heterocycles. The van der Waals surface area contributed by atoms with Crippen LogP contribution < -0.4 is 0 Å². The summed E-state index contributed by atoms with van der Waals surface area (Å²) in [7, 11) is 0. The lowest BCUT2D eigenvalue weighted by Gasteiger charge is -2.34. The van der Waals surface area contributed by atoms with E-state index < -0.39 is 0 Å². The second kappa shape index (κ2) is 4.91. The molecule has 1 saturated carbocycles. The maximum atomic E-state index is 10.4. The highest BCUT2D eigenvalue weighted by Crippen LogP contribution is 2.43. The van der Waals surface area contributed by atoms with Gasteiger partial charge < -0.3 is 9.67 Å². The van der Waals surface area contributed by atoms with Gasteiger partial charge in [0, 0.05) is 23.5 Å². The average molecular weight is 275 g/mol. The number of nitrogens with zero attached hydrogens (tertiary/aromatic N) is 1. The number of fused-ring (bicyclic) bond motifs is 1. The number of aliphatic hydroxyl groups is 1. The molecule has 3 rings (SSSR count). The monoisotopic (exact) mass is 275 g/mol. The Labute approximate surface area is 123 Å². The van der Waals surface area contributed by atoms with Gasteiger partial charge in [0.25, 0.3) is 0 Å². The van der Waals surface area contributed by atoms with Gasteiger partial charge in [0.1, 0.15) is 0 Å². The van der Waals surface area contributed by atoms with Crippen LogP contribution in [0, 0.1) is 24.2 Å². The molecule has 2 heteroatoms. The van der Waals surface area contributed by atoms with Crippen LogP contribution in [0.2, 0.25) is 0 Å². The molecule has 1 aromatic heterocycles. The Balaban J connectivity index is 1.92. The van der Waals surface area contributed by atoms with E-state index in [0.29, 0.717) is 0 Å². The number of hydrogen-bond acceptors (Lipinski definition) is 1. The summed E-state index contributed by atoms with van der Waals surface area (Å²) in [6.07, 6.45) is 5.88. The van der Waals surface area contributed by atoms with Crippen LogP contribution >= 0.6 is 0 Å². The Morgan fingerprint density at radius 2 is 2.10 bits per heavy atom. The van der Waals surface area contributed by atoms with Crippen molar-refractivity contribution >= 4 is 0 Å². The molecule has 1 N–H and O–H groups in total. The molecular weight excluding hydrogens is 246 g/mol. The van der Waals surface area contributed by atoms with E-state index in [-0.39, 0.29) is 11.5 Å². The molecule has 0 amide bonds. The highest BCUT2D eigenvalue weighted by Gasteiger charge is 2.35. The standard InChI is InChI=1S/C18H29NO/c1-12-6-5-7-14(12)11-19-13(2)8-15-16(19)9-18(3,4)10-17(15)20/h8,12,14,17,20H,5-7,9-11H2,1-4H3. The smallest absolute Gasteiger partial charge is 0.0812 e. The van der Waals surface area contributed by atoms with Gasteiger partial charge in [0.05, 0.1) is 6.10 Å². The molecule has 0 spiro atoms. The fourth-order valence-corrected chi connectivity index (χ4v) is 4.38. The van der Waals surface area contributed by atoms with Crippen molar-refractivity contribution < 1.29 is 5.11 Å². The average Bonchev–Trinajstić information content (AvgIpc) is 2.86. The molecular formula is C18H29NO. The molecule has 0 radical (unpaired) electrons. The van der Waals surface area contributed by atoms with E-state index in [2.05, 4.69) is 38.3 Å². The number of rotatable bonds is 2. The van der Waals surface area contributed by atoms with E-state index in [1.165, 1.54) is 36.2 Å². The summed E-state index contributed by atoms with van der Waals surface area (Å²) in [5.41, 5.74) is 4.17. The van der Waals surface area contributed by atoms with Crippen LogP contribution in [0.1, 0.15) is 69.5 Å². The van der Waals surface area contributed by atoms with Gasteiger partial charge in [-0.2, -0.15) is 0 Å². The zero-order valence-corrected chi connectivity index (χ0v) is 13.4. The highest BCUT2D eigenvalue weighted by atomic mass is 16.3. The largest absolute Gasteiger partial charge is 0.388 e. The molecule has 3 atom stereocenters. The third kappa shape index (κ3) is 2.43. The fourth-order valence-electron chi connectivity index (χ4n) is 4.38. The van der Waals surface area contributed by atoms with Crippen LogP contribution in [0.3, 0.4) is 0 Å². The summed E-state index contributed by atoms with van der Waals surface area (Å²) in [4.78, 5) is 0. The topological polar surface area (TPSA) is 25.2 Å². The van der Waals surface area contributed by atoms with Gasteiger partial charge in [-0.15, -0.1) is 0 Å². The molecule has 1 aromatic rings. The summed E-state index contributed by atoms with van der Waals surface area (Å²) in [5, 5.41) is 10.4. The lowest BCUT2D eigenvalue weighted by molar-refractivity contribution is 0.0975. The molecule has 1 fully saturated rings. The summed E-state index contributed by atoms with van der Waals surface area (Å²) >= 11 is 0. The molecule has 20 heavy (non-hydrogen) atoms. The van der Waals surface area contributed by atoms with E-state index in [4.69, 9.17) is 0 Å². The van der Waals surface area contributed by atoms with Gasteiger partial charge >= 0.3 is 0 Å². The van der Waals surface area contributed by atoms with Gasteiger partial charge in [0.2, 0.25) is 0 Å². The van der Waals surface area contributed by atoms with Crippen molar-refractivity contribution in [3.05, 3.63) is 23.0 Å². The van der Waals surface area contributed by atoms with Crippen LogP contribution in [-0.4, -0.2) is 9.67 Å². The van der Waals surface area contributed by atoms with Crippen molar-refractivity contribution in [1.29, 1.82) is 0 Å². The van der Waals surface area contributed by atoms with E-state index >= 15 is 0 Å². The molecule has 2 aliphatic carbocycles. The van der Waals surface area contributed by atoms with E-state index in [1.54, 1.807) is 0 Å². The Kier molecular flexibility index (Phi) is 3.48. The van der Waals surface area contributed by atoms with E-state index in [9.17, 15) is 5.11 Å². The quantitative estimate of drug-likeness (QED) is 0.858. The molecule has 0 saturated heterocycles. The molecule has 0 bridgehead atoms. The molecule has 0 aromatic carbocycles. The van der Waals surface area contributed by atoms with Crippen LogP contribution in [0.25, 0.3) is 0 Å². The number of aromatic nitrogens is 1. The molecule has 1 heterocycles. The van der Waals surface area contributed by atoms with Gasteiger partial charge in [-0.3, -0.25) is 0 Å². The van der Waals surface area contributed by atoms with Gasteiger partial charge in [-0.25, -0.2) is 0 Å². The van der Waals surface area contributed by atoms with Crippen molar-refractivity contribution in [1.82, 2.24) is 4.57 Å². The van der Waals surface area contributed by atoms with Gasteiger partial charge in [0.15, 0.2) is 0 Å². The second-order valence-electron chi connectivity index (χ2n) is 8.03. The third-order valence-corrected chi connectivity index (χ3v) is 5.66. The minimum absolute atomic E-state index is 0.219. The number of aliphatic hydroxyl groups excluding tert-OH is 1. The summed E-state index contributed by atoms with van der Waals surface area (Å²) in [6.45, 7) is 10.3. The van der Waals surface area contributed by atoms with Crippen molar-refractivity contribution in [2.75, 3.05) is 0 Å². The lowest BCUT2D eigenvalue weighted by atomic mass is 9.75. The van der Waals surface area contributed by atoms with Crippen LogP contribution in [-0.2, 0) is 13.0 Å². The Morgan fingerprint density at radius 3 is 2.75 bits per heavy atom. The third-order valence-electron chi connectivity index (χ3n) is 5.66. The zero-order chi connectivity index (χ0) is 14.5. The Bertz CT molecular complexity index is 500. The van der Waals surface area contributed by atoms with Crippen molar-refractivity contribution in [2.24, 2.45) is 17.3 Å². The number of hydrogen-bond donors (Lipinski definition) is 1. The molecule has 112 valence electrons. The first-order valence-electron chi connectivity index (χ1n) is 8.24. The highest BCUT2D eigenvalue weighted by molar-refractivity contribution is 5.33. The van der Waals surface area contributed by atoms with Crippen molar-refractivity contribution in [3.63, 3.8) is 0 Å². The Hall–Kier alpha value is -0.760. The minimum Gasteiger partial charge on any atom is -0.388 e. The minimum atomic E-state index is -0.269. The predicted octanol–water partition coefficient (Wildman–Crippen LogP) is 4.24. The fraction of sp³-hybridized carbons (Fsp3) is 0.778. The second-order valence-corrected chi connectivity index (χ2v) is 8.03. The summed E-state index contributed by atoms with van der Waals surface area (Å²) in [6, 6.07) is 2.23. The summed E-state index contributed by atoms with van der Waals surface area (Å²) < 4.78 is 2.52. The maximum absolute atomic E-state index is 10.4. The Morgan fingerprint density at radius 1 is 1.35 bits per heavy atom. The molecule has 3 unspecified atom stereocenters. The predicted molar refractivity (Wildman–Crippen MR) is 82.7 cm³/mol. The van der Waals surface area contributed by atoms with E-state index in [1.807, 2.05) is 0 Å². The van der Waals surface area contributed by atoms with Crippen molar-refractivity contribution in [2.45, 2.75) is 72.4 Å². The van der Waals surface area contributed by atoms with E-state index in [0.717, 1.165) is 31.2 Å². The van der Waals surface area contributed by atoms with Gasteiger partial charge in [-0.1, -0.05) is 33.6 Å². The first kappa shape index (κ1) is 14.2.